The molecule has 5 nitrogen and oxygen atoms in total. The molecule has 1 atom stereocenters. The lowest BCUT2D eigenvalue weighted by molar-refractivity contribution is -0.126. The largest absolute Gasteiger partial charge is 0.350 e. The van der Waals surface area contributed by atoms with Gasteiger partial charge in [0.15, 0.2) is 0 Å². The van der Waals surface area contributed by atoms with Gasteiger partial charge in [-0.3, -0.25) is 14.4 Å². The Morgan fingerprint density at radius 2 is 2.25 bits per heavy atom. The third-order valence-electron chi connectivity index (χ3n) is 4.92. The summed E-state index contributed by atoms with van der Waals surface area (Å²) in [6.07, 6.45) is 6.36. The first-order chi connectivity index (χ1) is 11.7. The molecule has 0 unspecified atom stereocenters. The quantitative estimate of drug-likeness (QED) is 0.875. The van der Waals surface area contributed by atoms with E-state index < -0.39 is 0 Å². The number of nitrogens with one attached hydrogen (secondary N) is 1. The summed E-state index contributed by atoms with van der Waals surface area (Å²) >= 11 is 1.68. The molecule has 1 N–H and O–H groups in total. The molecule has 1 aliphatic rings. The Bertz CT molecular complexity index is 644. The minimum Gasteiger partial charge on any atom is -0.350 e. The molecule has 2 aromatic heterocycles. The fraction of sp³-hybridized carbons (Fsp3) is 0.556. The van der Waals surface area contributed by atoms with E-state index in [1.807, 2.05) is 29.2 Å². The Hall–Kier alpha value is -1.66. The van der Waals surface area contributed by atoms with Gasteiger partial charge in [0.1, 0.15) is 0 Å². The lowest BCUT2D eigenvalue weighted by atomic mass is 9.91. The van der Waals surface area contributed by atoms with Gasteiger partial charge < -0.3 is 5.32 Å². The van der Waals surface area contributed by atoms with E-state index in [9.17, 15) is 4.79 Å². The van der Waals surface area contributed by atoms with E-state index in [0.717, 1.165) is 32.5 Å². The van der Waals surface area contributed by atoms with Crippen molar-refractivity contribution in [3.8, 4) is 0 Å². The number of aryl methyl sites for hydroxylation is 1. The normalized spacial score (nSPS) is 17.8. The molecule has 2 aromatic rings. The zero-order chi connectivity index (χ0) is 16.9. The van der Waals surface area contributed by atoms with Crippen LogP contribution in [-0.2, 0) is 17.9 Å². The molecule has 0 bridgehead atoms. The summed E-state index contributed by atoms with van der Waals surface area (Å²) in [7, 11) is 0. The van der Waals surface area contributed by atoms with E-state index in [-0.39, 0.29) is 11.9 Å². The predicted molar refractivity (Wildman–Crippen MR) is 97.1 cm³/mol. The van der Waals surface area contributed by atoms with Gasteiger partial charge in [0.05, 0.1) is 18.8 Å². The average Bonchev–Trinajstić information content (AvgIpc) is 3.30. The maximum Gasteiger partial charge on any atom is 0.237 e. The molecule has 24 heavy (non-hydrogen) atoms. The molecule has 0 radical (unpaired) electrons. The minimum atomic E-state index is -0.0655. The van der Waals surface area contributed by atoms with Crippen LogP contribution in [0.1, 0.15) is 43.0 Å². The number of piperidine rings is 1. The molecule has 1 saturated heterocycles. The number of thiophene rings is 1. The van der Waals surface area contributed by atoms with Crippen molar-refractivity contribution in [1.82, 2.24) is 20.0 Å². The summed E-state index contributed by atoms with van der Waals surface area (Å²) in [5.41, 5.74) is 1.34. The van der Waals surface area contributed by atoms with Gasteiger partial charge in [-0.05, 0) is 62.7 Å². The Labute approximate surface area is 147 Å². The summed E-state index contributed by atoms with van der Waals surface area (Å²) in [5.74, 6) is 0.698. The fourth-order valence-electron chi connectivity index (χ4n) is 3.28. The van der Waals surface area contributed by atoms with E-state index in [1.165, 1.54) is 10.4 Å². The van der Waals surface area contributed by atoms with Gasteiger partial charge in [-0.2, -0.15) is 5.10 Å². The number of hydrogen-bond donors (Lipinski definition) is 1. The molecule has 0 aliphatic carbocycles. The summed E-state index contributed by atoms with van der Waals surface area (Å²) < 4.78 is 1.99. The fourth-order valence-corrected chi connectivity index (χ4v) is 3.93. The number of likely N-dealkylation sites (tertiary alicyclic amines) is 1. The van der Waals surface area contributed by atoms with E-state index >= 15 is 0 Å². The Kier molecular flexibility index (Phi) is 5.68. The summed E-state index contributed by atoms with van der Waals surface area (Å²) in [6.45, 7) is 7.61. The first-order valence-corrected chi connectivity index (χ1v) is 9.61. The summed E-state index contributed by atoms with van der Waals surface area (Å²) in [6, 6.07) is 4.00. The first kappa shape index (κ1) is 17.2. The molecule has 0 spiro atoms. The minimum absolute atomic E-state index is 0.0655. The maximum atomic E-state index is 12.4. The highest BCUT2D eigenvalue weighted by Gasteiger charge is 2.27. The second-order valence-electron chi connectivity index (χ2n) is 6.41. The van der Waals surface area contributed by atoms with Crippen molar-refractivity contribution in [2.75, 3.05) is 13.1 Å². The summed E-state index contributed by atoms with van der Waals surface area (Å²) in [4.78, 5) is 15.9. The average molecular weight is 347 g/mol. The van der Waals surface area contributed by atoms with Crippen LogP contribution in [0.15, 0.2) is 29.9 Å². The van der Waals surface area contributed by atoms with Crippen LogP contribution in [0.25, 0.3) is 0 Å². The Morgan fingerprint density at radius 1 is 1.46 bits per heavy atom. The molecule has 0 aromatic carbocycles. The third kappa shape index (κ3) is 4.05. The molecule has 1 fully saturated rings. The van der Waals surface area contributed by atoms with Crippen molar-refractivity contribution < 1.29 is 4.79 Å². The molecule has 1 amide bonds. The summed E-state index contributed by atoms with van der Waals surface area (Å²) in [5, 5.41) is 9.47. The monoisotopic (exact) mass is 346 g/mol. The van der Waals surface area contributed by atoms with Gasteiger partial charge in [-0.1, -0.05) is 6.07 Å². The van der Waals surface area contributed by atoms with Gasteiger partial charge in [-0.25, -0.2) is 0 Å². The van der Waals surface area contributed by atoms with Gasteiger partial charge in [-0.15, -0.1) is 11.3 Å². The number of carbonyl (C=O) groups excluding carboxylic acids is 1. The van der Waals surface area contributed by atoms with Crippen LogP contribution < -0.4 is 5.32 Å². The van der Waals surface area contributed by atoms with Crippen molar-refractivity contribution in [1.29, 1.82) is 0 Å². The van der Waals surface area contributed by atoms with Crippen LogP contribution in [-0.4, -0.2) is 39.7 Å². The number of nitrogens with zero attached hydrogens (tertiary/aromatic N) is 3. The van der Waals surface area contributed by atoms with Crippen LogP contribution in [0.5, 0.6) is 0 Å². The SMILES string of the molecule is CCn1cc(C2CCN([C@H](C)C(=O)NCc3cccs3)CC2)cn1. The van der Waals surface area contributed by atoms with Crippen LogP contribution in [0.2, 0.25) is 0 Å². The molecule has 130 valence electrons. The number of hydrogen-bond acceptors (Lipinski definition) is 4. The second kappa shape index (κ2) is 7.94. The number of aromatic nitrogens is 2. The molecule has 0 saturated carbocycles. The second-order valence-corrected chi connectivity index (χ2v) is 7.44. The Balaban J connectivity index is 1.47. The smallest absolute Gasteiger partial charge is 0.237 e. The van der Waals surface area contributed by atoms with Crippen molar-refractivity contribution in [2.24, 2.45) is 0 Å². The van der Waals surface area contributed by atoms with E-state index in [0.29, 0.717) is 12.5 Å². The molecule has 3 rings (SSSR count). The van der Waals surface area contributed by atoms with Gasteiger partial charge in [0.2, 0.25) is 5.91 Å². The van der Waals surface area contributed by atoms with Gasteiger partial charge in [0.25, 0.3) is 0 Å². The van der Waals surface area contributed by atoms with Crippen LogP contribution in [0, 0.1) is 0 Å². The van der Waals surface area contributed by atoms with E-state index in [1.54, 1.807) is 11.3 Å². The molecule has 6 heteroatoms. The highest BCUT2D eigenvalue weighted by atomic mass is 32.1. The maximum absolute atomic E-state index is 12.4. The van der Waals surface area contributed by atoms with Crippen molar-refractivity contribution in [2.45, 2.75) is 51.7 Å². The van der Waals surface area contributed by atoms with Crippen LogP contribution in [0.4, 0.5) is 0 Å². The Morgan fingerprint density at radius 3 is 2.88 bits per heavy atom. The molecular weight excluding hydrogens is 320 g/mol. The number of carbonyl (C=O) groups is 1. The van der Waals surface area contributed by atoms with E-state index in [4.69, 9.17) is 0 Å². The lowest BCUT2D eigenvalue weighted by Gasteiger charge is -2.35. The highest BCUT2D eigenvalue weighted by molar-refractivity contribution is 7.09. The van der Waals surface area contributed by atoms with Gasteiger partial charge in [0, 0.05) is 17.6 Å². The molecule has 1 aliphatic heterocycles. The lowest BCUT2D eigenvalue weighted by Crippen LogP contribution is -2.47. The van der Waals surface area contributed by atoms with Crippen LogP contribution >= 0.6 is 11.3 Å². The number of amides is 1. The number of rotatable bonds is 6. The third-order valence-corrected chi connectivity index (χ3v) is 5.80. The predicted octanol–water partition coefficient (Wildman–Crippen LogP) is 2.85. The molecule has 3 heterocycles. The van der Waals surface area contributed by atoms with E-state index in [2.05, 4.69) is 34.5 Å². The van der Waals surface area contributed by atoms with Crippen molar-refractivity contribution in [3.05, 3.63) is 40.3 Å². The zero-order valence-electron chi connectivity index (χ0n) is 14.4. The van der Waals surface area contributed by atoms with Gasteiger partial charge >= 0.3 is 0 Å². The van der Waals surface area contributed by atoms with Crippen LogP contribution in [0.3, 0.4) is 0 Å². The first-order valence-electron chi connectivity index (χ1n) is 8.74. The highest BCUT2D eigenvalue weighted by Crippen LogP contribution is 2.28. The van der Waals surface area contributed by atoms with Crippen molar-refractivity contribution in [3.63, 3.8) is 0 Å². The zero-order valence-corrected chi connectivity index (χ0v) is 15.3. The van der Waals surface area contributed by atoms with Crippen molar-refractivity contribution >= 4 is 17.2 Å². The molecular formula is C18H26N4OS. The topological polar surface area (TPSA) is 50.2 Å². The standard InChI is InChI=1S/C18H26N4OS/c1-3-22-13-16(11-20-22)15-6-8-21(9-7-15)14(2)18(23)19-12-17-5-4-10-24-17/h4-5,10-11,13-15H,3,6-9,12H2,1-2H3,(H,19,23)/t14-/m1/s1.